The highest BCUT2D eigenvalue weighted by molar-refractivity contribution is 5.12. The van der Waals surface area contributed by atoms with E-state index < -0.39 is 6.10 Å². The Morgan fingerprint density at radius 3 is 2.67 bits per heavy atom. The molecule has 1 N–H and O–H groups in total. The first kappa shape index (κ1) is 11.8. The Kier molecular flexibility index (Phi) is 4.38. The Balaban J connectivity index is 2.74. The van der Waals surface area contributed by atoms with Gasteiger partial charge in [0.2, 0.25) is 0 Å². The van der Waals surface area contributed by atoms with Gasteiger partial charge in [-0.3, -0.25) is 0 Å². The molecule has 0 aromatic carbocycles. The highest BCUT2D eigenvalue weighted by atomic mass is 16.4. The molecule has 0 saturated carbocycles. The molecule has 82 valence electrons. The average molecular weight is 207 g/mol. The quantitative estimate of drug-likeness (QED) is 0.807. The summed E-state index contributed by atoms with van der Waals surface area (Å²) in [6.07, 6.45) is 1.59. The number of nitriles is 1. The van der Waals surface area contributed by atoms with Gasteiger partial charge >= 0.3 is 0 Å². The summed E-state index contributed by atoms with van der Waals surface area (Å²) in [6.45, 7) is 3.99. The third kappa shape index (κ3) is 2.84. The summed E-state index contributed by atoms with van der Waals surface area (Å²) in [6, 6.07) is 5.72. The number of aliphatic hydroxyl groups is 1. The zero-order valence-corrected chi connectivity index (χ0v) is 9.23. The van der Waals surface area contributed by atoms with E-state index in [1.165, 1.54) is 0 Å². The second kappa shape index (κ2) is 5.57. The standard InChI is InChI=1S/C12H17NO2/c1-3-5-9(8-13)12(14)11-7-6-10(4-2)15-11/h6-7,9,12,14H,3-5H2,1-2H3. The fourth-order valence-corrected chi connectivity index (χ4v) is 1.55. The number of rotatable bonds is 5. The van der Waals surface area contributed by atoms with Crippen LogP contribution in [0.15, 0.2) is 16.5 Å². The van der Waals surface area contributed by atoms with E-state index in [1.54, 1.807) is 6.07 Å². The van der Waals surface area contributed by atoms with E-state index >= 15 is 0 Å². The van der Waals surface area contributed by atoms with Gasteiger partial charge in [0.05, 0.1) is 12.0 Å². The second-order valence-electron chi connectivity index (χ2n) is 3.63. The van der Waals surface area contributed by atoms with E-state index in [4.69, 9.17) is 9.68 Å². The number of nitrogens with zero attached hydrogens (tertiary/aromatic N) is 1. The van der Waals surface area contributed by atoms with Crippen molar-refractivity contribution >= 4 is 0 Å². The zero-order chi connectivity index (χ0) is 11.3. The van der Waals surface area contributed by atoms with Crippen molar-refractivity contribution in [3.05, 3.63) is 23.7 Å². The van der Waals surface area contributed by atoms with Crippen molar-refractivity contribution in [3.8, 4) is 6.07 Å². The van der Waals surface area contributed by atoms with Crippen molar-refractivity contribution in [3.63, 3.8) is 0 Å². The van der Waals surface area contributed by atoms with Crippen LogP contribution in [0.4, 0.5) is 0 Å². The molecule has 0 bridgehead atoms. The topological polar surface area (TPSA) is 57.2 Å². The van der Waals surface area contributed by atoms with Gasteiger partial charge in [-0.1, -0.05) is 20.3 Å². The molecule has 2 atom stereocenters. The van der Waals surface area contributed by atoms with Crippen LogP contribution in [-0.2, 0) is 6.42 Å². The van der Waals surface area contributed by atoms with E-state index in [9.17, 15) is 5.11 Å². The first-order chi connectivity index (χ1) is 7.22. The third-order valence-corrected chi connectivity index (χ3v) is 2.47. The average Bonchev–Trinajstić information content (AvgIpc) is 2.73. The van der Waals surface area contributed by atoms with E-state index in [0.29, 0.717) is 12.2 Å². The number of hydrogen-bond acceptors (Lipinski definition) is 3. The molecule has 0 aliphatic rings. The molecular formula is C12H17NO2. The summed E-state index contributed by atoms with van der Waals surface area (Å²) < 4.78 is 5.42. The maximum atomic E-state index is 9.90. The monoisotopic (exact) mass is 207 g/mol. The van der Waals surface area contributed by atoms with Crippen molar-refractivity contribution in [2.24, 2.45) is 5.92 Å². The molecule has 0 fully saturated rings. The molecule has 1 heterocycles. The van der Waals surface area contributed by atoms with Gasteiger partial charge in [-0.25, -0.2) is 0 Å². The van der Waals surface area contributed by atoms with Crippen molar-refractivity contribution in [1.29, 1.82) is 5.26 Å². The SMILES string of the molecule is CCCC(C#N)C(O)c1ccc(CC)o1. The highest BCUT2D eigenvalue weighted by Gasteiger charge is 2.22. The molecule has 1 rings (SSSR count). The van der Waals surface area contributed by atoms with Crippen molar-refractivity contribution in [2.45, 2.75) is 39.2 Å². The predicted octanol–water partition coefficient (Wildman–Crippen LogP) is 2.82. The zero-order valence-electron chi connectivity index (χ0n) is 9.23. The Hall–Kier alpha value is -1.27. The van der Waals surface area contributed by atoms with E-state index in [-0.39, 0.29) is 5.92 Å². The lowest BCUT2D eigenvalue weighted by molar-refractivity contribution is 0.104. The molecular weight excluding hydrogens is 190 g/mol. The summed E-state index contributed by atoms with van der Waals surface area (Å²) in [5, 5.41) is 18.8. The van der Waals surface area contributed by atoms with E-state index in [0.717, 1.165) is 18.6 Å². The maximum absolute atomic E-state index is 9.90. The van der Waals surface area contributed by atoms with Gasteiger partial charge in [0.15, 0.2) is 0 Å². The maximum Gasteiger partial charge on any atom is 0.134 e. The van der Waals surface area contributed by atoms with Crippen LogP contribution in [-0.4, -0.2) is 5.11 Å². The van der Waals surface area contributed by atoms with Crippen LogP contribution in [0.2, 0.25) is 0 Å². The summed E-state index contributed by atoms with van der Waals surface area (Å²) in [7, 11) is 0. The first-order valence-corrected chi connectivity index (χ1v) is 5.39. The molecule has 0 spiro atoms. The molecule has 15 heavy (non-hydrogen) atoms. The largest absolute Gasteiger partial charge is 0.463 e. The molecule has 1 aromatic heterocycles. The van der Waals surface area contributed by atoms with Crippen molar-refractivity contribution in [1.82, 2.24) is 0 Å². The van der Waals surface area contributed by atoms with Gasteiger partial charge in [0, 0.05) is 6.42 Å². The van der Waals surface area contributed by atoms with Gasteiger partial charge in [-0.05, 0) is 18.6 Å². The minimum atomic E-state index is -0.796. The summed E-state index contributed by atoms with van der Waals surface area (Å²) >= 11 is 0. The molecule has 1 aromatic rings. The number of aliphatic hydroxyl groups excluding tert-OH is 1. The van der Waals surface area contributed by atoms with Gasteiger partial charge in [-0.2, -0.15) is 5.26 Å². The molecule has 2 unspecified atom stereocenters. The molecule has 0 aliphatic carbocycles. The second-order valence-corrected chi connectivity index (χ2v) is 3.63. The van der Waals surface area contributed by atoms with Gasteiger partial charge in [0.25, 0.3) is 0 Å². The lowest BCUT2D eigenvalue weighted by Gasteiger charge is -2.13. The van der Waals surface area contributed by atoms with Crippen LogP contribution in [0.25, 0.3) is 0 Å². The minimum Gasteiger partial charge on any atom is -0.463 e. The van der Waals surface area contributed by atoms with Crippen LogP contribution in [0.3, 0.4) is 0 Å². The summed E-state index contributed by atoms with van der Waals surface area (Å²) in [5.41, 5.74) is 0. The van der Waals surface area contributed by atoms with Crippen LogP contribution < -0.4 is 0 Å². The molecule has 0 amide bonds. The highest BCUT2D eigenvalue weighted by Crippen LogP contribution is 2.26. The molecule has 3 heteroatoms. The lowest BCUT2D eigenvalue weighted by atomic mass is 9.97. The van der Waals surface area contributed by atoms with Crippen LogP contribution in [0, 0.1) is 17.2 Å². The fraction of sp³-hybridized carbons (Fsp3) is 0.583. The van der Waals surface area contributed by atoms with Gasteiger partial charge in [-0.15, -0.1) is 0 Å². The Bertz CT molecular complexity index is 338. The normalized spacial score (nSPS) is 14.5. The van der Waals surface area contributed by atoms with E-state index in [2.05, 4.69) is 6.07 Å². The summed E-state index contributed by atoms with van der Waals surface area (Å²) in [5.74, 6) is 0.981. The number of furan rings is 1. The first-order valence-electron chi connectivity index (χ1n) is 5.39. The molecule has 0 radical (unpaired) electrons. The Morgan fingerprint density at radius 2 is 2.20 bits per heavy atom. The van der Waals surface area contributed by atoms with Crippen molar-refractivity contribution in [2.75, 3.05) is 0 Å². The molecule has 0 saturated heterocycles. The predicted molar refractivity (Wildman–Crippen MR) is 57.1 cm³/mol. The Labute approximate surface area is 90.3 Å². The molecule has 0 aliphatic heterocycles. The lowest BCUT2D eigenvalue weighted by Crippen LogP contribution is -2.09. The minimum absolute atomic E-state index is 0.370. The third-order valence-electron chi connectivity index (χ3n) is 2.47. The number of aryl methyl sites for hydroxylation is 1. The Morgan fingerprint density at radius 1 is 1.47 bits per heavy atom. The number of hydrogen-bond donors (Lipinski definition) is 1. The van der Waals surface area contributed by atoms with Crippen molar-refractivity contribution < 1.29 is 9.52 Å². The van der Waals surface area contributed by atoms with Gasteiger partial charge in [0.1, 0.15) is 17.6 Å². The van der Waals surface area contributed by atoms with Crippen LogP contribution in [0.5, 0.6) is 0 Å². The van der Waals surface area contributed by atoms with Gasteiger partial charge < -0.3 is 9.52 Å². The fourth-order valence-electron chi connectivity index (χ4n) is 1.55. The smallest absolute Gasteiger partial charge is 0.134 e. The summed E-state index contributed by atoms with van der Waals surface area (Å²) in [4.78, 5) is 0. The van der Waals surface area contributed by atoms with Crippen LogP contribution >= 0.6 is 0 Å². The van der Waals surface area contributed by atoms with E-state index in [1.807, 2.05) is 19.9 Å². The van der Waals surface area contributed by atoms with Crippen LogP contribution in [0.1, 0.15) is 44.3 Å². The molecule has 3 nitrogen and oxygen atoms in total.